The van der Waals surface area contributed by atoms with Gasteiger partial charge in [0.05, 0.1) is 11.8 Å². The van der Waals surface area contributed by atoms with Crippen LogP contribution in [0.4, 0.5) is 11.4 Å². The topological polar surface area (TPSA) is 61.3 Å². The number of furan rings is 1. The van der Waals surface area contributed by atoms with Gasteiger partial charge in [-0.3, -0.25) is 4.79 Å². The van der Waals surface area contributed by atoms with Crippen LogP contribution in [0, 0.1) is 0 Å². The van der Waals surface area contributed by atoms with Crippen LogP contribution in [0.1, 0.15) is 10.5 Å². The second kappa shape index (κ2) is 4.77. The fourth-order valence-corrected chi connectivity index (χ4v) is 2.03. The summed E-state index contributed by atoms with van der Waals surface area (Å²) in [7, 11) is 3.92. The monoisotopic (exact) mass is 269 g/mol. The third kappa shape index (κ3) is 2.25. The van der Waals surface area contributed by atoms with Gasteiger partial charge in [-0.25, -0.2) is 0 Å². The molecule has 2 N–H and O–H groups in total. The van der Waals surface area contributed by atoms with E-state index in [2.05, 4.69) is 10.3 Å². The van der Waals surface area contributed by atoms with Crippen LogP contribution in [0.2, 0.25) is 0 Å². The number of nitrogens with zero attached hydrogens (tertiary/aromatic N) is 1. The van der Waals surface area contributed by atoms with Gasteiger partial charge < -0.3 is 19.6 Å². The highest BCUT2D eigenvalue weighted by molar-refractivity contribution is 6.05. The minimum absolute atomic E-state index is 0.188. The molecule has 3 rings (SSSR count). The van der Waals surface area contributed by atoms with Gasteiger partial charge in [-0.1, -0.05) is 6.07 Å². The smallest absolute Gasteiger partial charge is 0.272 e. The summed E-state index contributed by atoms with van der Waals surface area (Å²) in [6, 6.07) is 11.2. The van der Waals surface area contributed by atoms with Crippen molar-refractivity contribution >= 4 is 28.4 Å². The Morgan fingerprint density at radius 3 is 2.85 bits per heavy atom. The summed E-state index contributed by atoms with van der Waals surface area (Å²) in [5, 5.41) is 2.87. The van der Waals surface area contributed by atoms with Crippen LogP contribution in [-0.4, -0.2) is 25.0 Å². The van der Waals surface area contributed by atoms with Crippen LogP contribution < -0.4 is 10.2 Å². The van der Waals surface area contributed by atoms with Crippen molar-refractivity contribution in [2.75, 3.05) is 24.3 Å². The molecule has 0 spiro atoms. The number of aromatic nitrogens is 1. The SMILES string of the molecule is CN(C)c1cccc(NC(=O)c2cc3occc3[nH]2)c1. The van der Waals surface area contributed by atoms with Crippen molar-refractivity contribution in [1.29, 1.82) is 0 Å². The number of anilines is 2. The Balaban J connectivity index is 1.81. The Hall–Kier alpha value is -2.69. The summed E-state index contributed by atoms with van der Waals surface area (Å²) in [5.74, 6) is -0.188. The van der Waals surface area contributed by atoms with Crippen LogP contribution in [0.15, 0.2) is 47.1 Å². The molecular weight excluding hydrogens is 254 g/mol. The molecule has 2 heterocycles. The third-order valence-electron chi connectivity index (χ3n) is 3.10. The van der Waals surface area contributed by atoms with Gasteiger partial charge in [-0.05, 0) is 18.2 Å². The van der Waals surface area contributed by atoms with Gasteiger partial charge in [-0.15, -0.1) is 0 Å². The first-order chi connectivity index (χ1) is 9.63. The zero-order valence-corrected chi connectivity index (χ0v) is 11.3. The second-order valence-electron chi connectivity index (χ2n) is 4.78. The number of hydrogen-bond donors (Lipinski definition) is 2. The van der Waals surface area contributed by atoms with E-state index in [1.54, 1.807) is 18.4 Å². The molecule has 0 aliphatic rings. The summed E-state index contributed by atoms with van der Waals surface area (Å²) < 4.78 is 5.23. The molecule has 0 bridgehead atoms. The molecule has 5 heteroatoms. The molecule has 1 aromatic carbocycles. The molecule has 102 valence electrons. The number of nitrogens with one attached hydrogen (secondary N) is 2. The van der Waals surface area contributed by atoms with Crippen LogP contribution in [0.25, 0.3) is 11.1 Å². The van der Waals surface area contributed by atoms with Gasteiger partial charge in [0.2, 0.25) is 0 Å². The van der Waals surface area contributed by atoms with Crippen LogP contribution in [-0.2, 0) is 0 Å². The number of fused-ring (bicyclic) bond motifs is 1. The van der Waals surface area contributed by atoms with Crippen molar-refractivity contribution in [3.63, 3.8) is 0 Å². The Labute approximate surface area is 116 Å². The molecule has 5 nitrogen and oxygen atoms in total. The first-order valence-corrected chi connectivity index (χ1v) is 6.28. The zero-order chi connectivity index (χ0) is 14.1. The lowest BCUT2D eigenvalue weighted by atomic mass is 10.2. The van der Waals surface area contributed by atoms with E-state index in [0.29, 0.717) is 11.3 Å². The normalized spacial score (nSPS) is 10.7. The van der Waals surface area contributed by atoms with Crippen molar-refractivity contribution in [1.82, 2.24) is 4.98 Å². The fraction of sp³-hybridized carbons (Fsp3) is 0.133. The number of benzene rings is 1. The summed E-state index contributed by atoms with van der Waals surface area (Å²) in [6.45, 7) is 0. The molecule has 20 heavy (non-hydrogen) atoms. The Morgan fingerprint density at radius 1 is 1.25 bits per heavy atom. The van der Waals surface area contributed by atoms with Crippen molar-refractivity contribution in [2.24, 2.45) is 0 Å². The number of carbonyl (C=O) groups is 1. The Morgan fingerprint density at radius 2 is 2.10 bits per heavy atom. The van der Waals surface area contributed by atoms with Gasteiger partial charge in [0, 0.05) is 37.6 Å². The van der Waals surface area contributed by atoms with Gasteiger partial charge in [0.15, 0.2) is 5.58 Å². The van der Waals surface area contributed by atoms with Crippen molar-refractivity contribution in [2.45, 2.75) is 0 Å². The van der Waals surface area contributed by atoms with E-state index >= 15 is 0 Å². The molecule has 2 aromatic heterocycles. The highest BCUT2D eigenvalue weighted by Crippen LogP contribution is 2.20. The highest BCUT2D eigenvalue weighted by atomic mass is 16.3. The van der Waals surface area contributed by atoms with Crippen LogP contribution >= 0.6 is 0 Å². The van der Waals surface area contributed by atoms with Crippen molar-refractivity contribution < 1.29 is 9.21 Å². The van der Waals surface area contributed by atoms with E-state index in [-0.39, 0.29) is 5.91 Å². The maximum absolute atomic E-state index is 12.2. The number of carbonyl (C=O) groups excluding carboxylic acids is 1. The molecule has 0 aliphatic carbocycles. The van der Waals surface area contributed by atoms with Crippen LogP contribution in [0.5, 0.6) is 0 Å². The van der Waals surface area contributed by atoms with Gasteiger partial charge in [0.25, 0.3) is 5.91 Å². The quantitative estimate of drug-likeness (QED) is 0.768. The summed E-state index contributed by atoms with van der Waals surface area (Å²) >= 11 is 0. The predicted octanol–water partition coefficient (Wildman–Crippen LogP) is 3.08. The molecule has 0 saturated heterocycles. The van der Waals surface area contributed by atoms with E-state index in [1.165, 1.54) is 0 Å². The zero-order valence-electron chi connectivity index (χ0n) is 11.3. The number of rotatable bonds is 3. The van der Waals surface area contributed by atoms with E-state index in [9.17, 15) is 4.79 Å². The van der Waals surface area contributed by atoms with Crippen molar-refractivity contribution in [3.05, 3.63) is 48.4 Å². The van der Waals surface area contributed by atoms with Gasteiger partial charge >= 0.3 is 0 Å². The predicted molar refractivity (Wildman–Crippen MR) is 79.3 cm³/mol. The molecule has 3 aromatic rings. The highest BCUT2D eigenvalue weighted by Gasteiger charge is 2.11. The lowest BCUT2D eigenvalue weighted by Crippen LogP contribution is -2.13. The summed E-state index contributed by atoms with van der Waals surface area (Å²) in [5.41, 5.74) is 3.76. The standard InChI is InChI=1S/C15H15N3O2/c1-18(2)11-5-3-4-10(8-11)16-15(19)13-9-14-12(17-13)6-7-20-14/h3-9,17H,1-2H3,(H,16,19). The average molecular weight is 269 g/mol. The fourth-order valence-electron chi connectivity index (χ4n) is 2.03. The Kier molecular flexibility index (Phi) is 2.95. The first kappa shape index (κ1) is 12.3. The molecule has 0 radical (unpaired) electrons. The molecule has 0 saturated carbocycles. The molecule has 0 fully saturated rings. The average Bonchev–Trinajstić information content (AvgIpc) is 2.99. The lowest BCUT2D eigenvalue weighted by molar-refractivity contribution is 0.102. The first-order valence-electron chi connectivity index (χ1n) is 6.28. The van der Waals surface area contributed by atoms with Gasteiger partial charge in [0.1, 0.15) is 5.69 Å². The van der Waals surface area contributed by atoms with E-state index in [1.807, 2.05) is 43.3 Å². The summed E-state index contributed by atoms with van der Waals surface area (Å²) in [4.78, 5) is 17.2. The minimum Gasteiger partial charge on any atom is -0.463 e. The minimum atomic E-state index is -0.188. The molecule has 0 atom stereocenters. The third-order valence-corrected chi connectivity index (χ3v) is 3.10. The second-order valence-corrected chi connectivity index (χ2v) is 4.78. The number of aromatic amines is 1. The van der Waals surface area contributed by atoms with Crippen LogP contribution in [0.3, 0.4) is 0 Å². The molecule has 0 unspecified atom stereocenters. The number of hydrogen-bond acceptors (Lipinski definition) is 3. The van der Waals surface area contributed by atoms with E-state index < -0.39 is 0 Å². The number of amides is 1. The maximum Gasteiger partial charge on any atom is 0.272 e. The largest absolute Gasteiger partial charge is 0.463 e. The molecule has 0 aliphatic heterocycles. The number of H-pyrrole nitrogens is 1. The Bertz CT molecular complexity index is 727. The molecule has 1 amide bonds. The lowest BCUT2D eigenvalue weighted by Gasteiger charge is -2.13. The van der Waals surface area contributed by atoms with E-state index in [0.717, 1.165) is 16.9 Å². The van der Waals surface area contributed by atoms with E-state index in [4.69, 9.17) is 4.42 Å². The maximum atomic E-state index is 12.2. The van der Waals surface area contributed by atoms with Crippen molar-refractivity contribution in [3.8, 4) is 0 Å². The summed E-state index contributed by atoms with van der Waals surface area (Å²) in [6.07, 6.45) is 1.59. The van der Waals surface area contributed by atoms with Gasteiger partial charge in [-0.2, -0.15) is 0 Å². The molecular formula is C15H15N3O2.